The lowest BCUT2D eigenvalue weighted by molar-refractivity contribution is -0.134. The van der Waals surface area contributed by atoms with Crippen LogP contribution in [0.2, 0.25) is 0 Å². The van der Waals surface area contributed by atoms with Crippen LogP contribution < -0.4 is 5.32 Å². The molecule has 0 aromatic heterocycles. The van der Waals surface area contributed by atoms with Gasteiger partial charge in [0.1, 0.15) is 5.76 Å². The second kappa shape index (κ2) is 8.96. The largest absolute Gasteiger partial charge is 0.506 e. The monoisotopic (exact) mass is 354 g/mol. The fourth-order valence-electron chi connectivity index (χ4n) is 1.79. The summed E-state index contributed by atoms with van der Waals surface area (Å²) in [6.45, 7) is 2.89. The average molecular weight is 354 g/mol. The van der Waals surface area contributed by atoms with Crippen LogP contribution in [0, 0.1) is 22.8 Å². The van der Waals surface area contributed by atoms with Gasteiger partial charge in [0.25, 0.3) is 11.7 Å². The molecule has 1 aromatic carbocycles. The van der Waals surface area contributed by atoms with E-state index < -0.39 is 23.0 Å². The summed E-state index contributed by atoms with van der Waals surface area (Å²) in [4.78, 5) is 28.3. The lowest BCUT2D eigenvalue weighted by Gasteiger charge is -2.10. The standard InChI is InChI=1S/C17H14N4O3S/c1-10(20-9-19)14(16(23)17(24)21-11(2)25-3)15(22)13-6-4-12(8-18)5-7-13/h4-7,22H,3H2,1-2H3,(H,21,24)/b15-14-,20-10?. The first-order valence-electron chi connectivity index (χ1n) is 6.84. The molecule has 0 radical (unpaired) electrons. The summed E-state index contributed by atoms with van der Waals surface area (Å²) >= 11 is 0. The third-order valence-electron chi connectivity index (χ3n) is 3.04. The molecule has 8 heteroatoms. The number of aliphatic imine (C=N–C) groups is 1. The van der Waals surface area contributed by atoms with E-state index in [2.05, 4.69) is 16.2 Å². The Morgan fingerprint density at radius 1 is 1.24 bits per heavy atom. The van der Waals surface area contributed by atoms with Crippen LogP contribution >= 0.6 is 10.9 Å². The summed E-state index contributed by atoms with van der Waals surface area (Å²) in [6, 6.07) is 7.66. The van der Waals surface area contributed by atoms with E-state index in [-0.39, 0.29) is 11.3 Å². The molecule has 126 valence electrons. The molecule has 0 spiro atoms. The summed E-state index contributed by atoms with van der Waals surface area (Å²) in [7, 11) is 1.00. The van der Waals surface area contributed by atoms with Gasteiger partial charge in [-0.2, -0.15) is 15.5 Å². The summed E-state index contributed by atoms with van der Waals surface area (Å²) in [5.74, 6) is 0.954. The van der Waals surface area contributed by atoms with Crippen LogP contribution in [0.15, 0.2) is 34.8 Å². The number of benzene rings is 1. The van der Waals surface area contributed by atoms with Crippen molar-refractivity contribution < 1.29 is 14.7 Å². The van der Waals surface area contributed by atoms with Gasteiger partial charge in [-0.3, -0.25) is 9.59 Å². The Morgan fingerprint density at radius 2 is 1.84 bits per heavy atom. The highest BCUT2D eigenvalue weighted by molar-refractivity contribution is 7.96. The van der Waals surface area contributed by atoms with Gasteiger partial charge in [0, 0.05) is 5.56 Å². The van der Waals surface area contributed by atoms with E-state index in [1.165, 1.54) is 37.4 Å². The molecule has 0 bridgehead atoms. The second-order valence-electron chi connectivity index (χ2n) is 4.69. The molecule has 0 aliphatic rings. The Hall–Kier alpha value is -3.49. The maximum absolute atomic E-state index is 12.4. The van der Waals surface area contributed by atoms with Gasteiger partial charge >= 0.3 is 0 Å². The number of ketones is 1. The van der Waals surface area contributed by atoms with Crippen molar-refractivity contribution in [2.24, 2.45) is 4.99 Å². The van der Waals surface area contributed by atoms with Crippen molar-refractivity contribution in [2.75, 3.05) is 0 Å². The minimum atomic E-state index is -1.05. The maximum Gasteiger partial charge on any atom is 0.297 e. The molecule has 25 heavy (non-hydrogen) atoms. The topological polar surface area (TPSA) is 126 Å². The minimum absolute atomic E-state index is 0.107. The Balaban J connectivity index is 3.46. The van der Waals surface area contributed by atoms with E-state index in [4.69, 9.17) is 10.5 Å². The Morgan fingerprint density at radius 3 is 2.32 bits per heavy atom. The number of hydrogen-bond donors (Lipinski definition) is 2. The zero-order valence-corrected chi connectivity index (χ0v) is 14.3. The molecule has 1 amide bonds. The highest BCUT2D eigenvalue weighted by Crippen LogP contribution is 2.19. The smallest absolute Gasteiger partial charge is 0.297 e. The van der Waals surface area contributed by atoms with Gasteiger partial charge in [0.2, 0.25) is 6.19 Å². The third-order valence-corrected chi connectivity index (χ3v) is 3.58. The number of carbonyl (C=O) groups excluding carboxylic acids is 2. The van der Waals surface area contributed by atoms with Crippen LogP contribution in [0.5, 0.6) is 0 Å². The van der Waals surface area contributed by atoms with Gasteiger partial charge in [-0.05, 0) is 44.0 Å². The first-order chi connectivity index (χ1) is 11.8. The molecule has 1 rings (SSSR count). The molecule has 0 unspecified atom stereocenters. The molecule has 0 aliphatic carbocycles. The molecule has 2 N–H and O–H groups in total. The van der Waals surface area contributed by atoms with Crippen molar-refractivity contribution in [1.82, 2.24) is 5.32 Å². The van der Waals surface area contributed by atoms with E-state index in [0.29, 0.717) is 10.6 Å². The highest BCUT2D eigenvalue weighted by atomic mass is 32.1. The lowest BCUT2D eigenvalue weighted by atomic mass is 9.99. The third kappa shape index (κ3) is 4.99. The predicted octanol–water partition coefficient (Wildman–Crippen LogP) is 1.77. The number of carbonyl (C=O) groups is 2. The Bertz CT molecular complexity index is 909. The number of nitriles is 2. The number of nitrogens with zero attached hydrogens (tertiary/aromatic N) is 3. The van der Waals surface area contributed by atoms with Crippen molar-refractivity contribution in [3.05, 3.63) is 41.0 Å². The summed E-state index contributed by atoms with van der Waals surface area (Å²) in [6.07, 6.45) is 1.51. The number of amides is 1. The SMILES string of the molecule is C=S=C(C)NC(=O)C(=O)/C(C(C)=NC#N)=C(\O)c1ccc(C#N)cc1. The number of aliphatic hydroxyl groups excluding tert-OH is 1. The fraction of sp³-hybridized carbons (Fsp3) is 0.118. The van der Waals surface area contributed by atoms with Gasteiger partial charge in [-0.1, -0.05) is 0 Å². The zero-order chi connectivity index (χ0) is 19.0. The number of aliphatic hydroxyl groups is 1. The summed E-state index contributed by atoms with van der Waals surface area (Å²) in [5.41, 5.74) is 0.0622. The molecule has 0 heterocycles. The van der Waals surface area contributed by atoms with Crippen LogP contribution in [0.3, 0.4) is 0 Å². The van der Waals surface area contributed by atoms with E-state index >= 15 is 0 Å². The summed E-state index contributed by atoms with van der Waals surface area (Å²) in [5, 5.41) is 30.3. The fourth-order valence-corrected chi connectivity index (χ4v) is 1.95. The number of nitrogens with one attached hydrogen (secondary N) is 1. The first kappa shape index (κ1) is 19.6. The highest BCUT2D eigenvalue weighted by Gasteiger charge is 2.26. The van der Waals surface area contributed by atoms with Crippen molar-refractivity contribution in [3.8, 4) is 12.3 Å². The van der Waals surface area contributed by atoms with E-state index in [9.17, 15) is 14.7 Å². The predicted molar refractivity (Wildman–Crippen MR) is 98.0 cm³/mol. The first-order valence-corrected chi connectivity index (χ1v) is 7.83. The van der Waals surface area contributed by atoms with E-state index in [1.807, 2.05) is 6.07 Å². The molecule has 0 saturated heterocycles. The minimum Gasteiger partial charge on any atom is -0.506 e. The Kier molecular flexibility index (Phi) is 7.01. The molecular formula is C17H14N4O3S. The second-order valence-corrected chi connectivity index (χ2v) is 5.59. The van der Waals surface area contributed by atoms with E-state index in [1.54, 1.807) is 6.92 Å². The lowest BCUT2D eigenvalue weighted by Crippen LogP contribution is -2.36. The summed E-state index contributed by atoms with van der Waals surface area (Å²) < 4.78 is 0. The molecule has 0 aliphatic heterocycles. The van der Waals surface area contributed by atoms with Gasteiger partial charge in [0.15, 0.2) is 0 Å². The Labute approximate surface area is 148 Å². The molecular weight excluding hydrogens is 340 g/mol. The van der Waals surface area contributed by atoms with Gasteiger partial charge in [-0.25, -0.2) is 0 Å². The molecule has 1 aromatic rings. The van der Waals surface area contributed by atoms with Crippen LogP contribution in [-0.2, 0) is 9.59 Å². The number of hydrogen-bond acceptors (Lipinski definition) is 6. The molecule has 0 fully saturated rings. The van der Waals surface area contributed by atoms with Crippen LogP contribution in [0.1, 0.15) is 25.0 Å². The van der Waals surface area contributed by atoms with Gasteiger partial charge in [-0.15, -0.1) is 10.9 Å². The van der Waals surface area contributed by atoms with Gasteiger partial charge in [0.05, 0.1) is 27.9 Å². The number of Topliss-reactive ketones (excluding diaryl/α,β-unsaturated/α-hetero) is 1. The van der Waals surface area contributed by atoms with Crippen LogP contribution in [0.25, 0.3) is 5.76 Å². The molecule has 0 atom stereocenters. The molecule has 0 saturated carbocycles. The average Bonchev–Trinajstić information content (AvgIpc) is 2.61. The maximum atomic E-state index is 12.4. The van der Waals surface area contributed by atoms with Crippen molar-refractivity contribution >= 4 is 45.0 Å². The van der Waals surface area contributed by atoms with E-state index in [0.717, 1.165) is 10.9 Å². The van der Waals surface area contributed by atoms with Crippen LogP contribution in [-0.4, -0.2) is 33.4 Å². The van der Waals surface area contributed by atoms with Crippen molar-refractivity contribution in [2.45, 2.75) is 13.8 Å². The quantitative estimate of drug-likeness (QED) is 0.213. The van der Waals surface area contributed by atoms with Crippen molar-refractivity contribution in [1.29, 1.82) is 10.5 Å². The normalized spacial score (nSPS) is 11.4. The van der Waals surface area contributed by atoms with Gasteiger partial charge < -0.3 is 10.4 Å². The van der Waals surface area contributed by atoms with Crippen molar-refractivity contribution in [3.63, 3.8) is 0 Å². The number of rotatable bonds is 4. The van der Waals surface area contributed by atoms with Crippen LogP contribution in [0.4, 0.5) is 0 Å². The molecule has 7 nitrogen and oxygen atoms in total. The zero-order valence-electron chi connectivity index (χ0n) is 13.5.